The van der Waals surface area contributed by atoms with E-state index in [-0.39, 0.29) is 0 Å². The Kier molecular flexibility index (Phi) is 6.92. The number of anilines is 1. The minimum absolute atomic E-state index is 0.515. The van der Waals surface area contributed by atoms with Crippen LogP contribution < -0.4 is 11.1 Å². The number of hydrogen-bond acceptors (Lipinski definition) is 1. The van der Waals surface area contributed by atoms with Gasteiger partial charge in [0.25, 0.3) is 0 Å². The van der Waals surface area contributed by atoms with Crippen LogP contribution in [0.3, 0.4) is 0 Å². The summed E-state index contributed by atoms with van der Waals surface area (Å²) in [6.45, 7) is 2.24. The lowest BCUT2D eigenvalue weighted by Crippen LogP contribution is -2.19. The van der Waals surface area contributed by atoms with Gasteiger partial charge in [-0.3, -0.25) is 0 Å². The normalized spacial score (nSPS) is 10.3. The first-order valence-electron chi connectivity index (χ1n) is 6.87. The van der Waals surface area contributed by atoms with Gasteiger partial charge in [0.15, 0.2) is 0 Å². The second kappa shape index (κ2) is 8.56. The molecule has 0 aliphatic heterocycles. The highest BCUT2D eigenvalue weighted by molar-refractivity contribution is 5.87. The number of aryl methyl sites for hydroxylation is 1. The molecule has 18 heavy (non-hydrogen) atoms. The molecule has 100 valence electrons. The third-order valence-electron chi connectivity index (χ3n) is 3.04. The number of carbonyl (C=O) groups is 1. The number of hydrogen-bond donors (Lipinski definition) is 2. The van der Waals surface area contributed by atoms with Gasteiger partial charge in [0.05, 0.1) is 0 Å². The van der Waals surface area contributed by atoms with Crippen LogP contribution in [0, 0.1) is 0 Å². The summed E-state index contributed by atoms with van der Waals surface area (Å²) in [5, 5.41) is 2.56. The quantitative estimate of drug-likeness (QED) is 0.669. The van der Waals surface area contributed by atoms with Gasteiger partial charge in [-0.05, 0) is 30.5 Å². The Morgan fingerprint density at radius 3 is 2.28 bits per heavy atom. The van der Waals surface area contributed by atoms with E-state index in [1.165, 1.54) is 44.1 Å². The van der Waals surface area contributed by atoms with E-state index >= 15 is 0 Å². The number of urea groups is 1. The minimum atomic E-state index is -0.515. The minimum Gasteiger partial charge on any atom is -0.351 e. The highest BCUT2D eigenvalue weighted by Crippen LogP contribution is 2.13. The summed E-state index contributed by atoms with van der Waals surface area (Å²) in [6, 6.07) is 7.39. The van der Waals surface area contributed by atoms with Crippen molar-refractivity contribution < 1.29 is 4.79 Å². The molecule has 1 aromatic rings. The summed E-state index contributed by atoms with van der Waals surface area (Å²) in [4.78, 5) is 10.7. The van der Waals surface area contributed by atoms with Gasteiger partial charge in [-0.15, -0.1) is 0 Å². The summed E-state index contributed by atoms with van der Waals surface area (Å²) in [5.74, 6) is 0. The molecule has 3 N–H and O–H groups in total. The van der Waals surface area contributed by atoms with Crippen molar-refractivity contribution in [3.8, 4) is 0 Å². The van der Waals surface area contributed by atoms with Crippen LogP contribution in [-0.4, -0.2) is 6.03 Å². The summed E-state index contributed by atoms with van der Waals surface area (Å²) in [6.07, 6.45) is 9.02. The van der Waals surface area contributed by atoms with Gasteiger partial charge in [-0.2, -0.15) is 0 Å². The van der Waals surface area contributed by atoms with E-state index in [0.717, 1.165) is 12.1 Å². The first-order valence-corrected chi connectivity index (χ1v) is 6.87. The van der Waals surface area contributed by atoms with E-state index in [1.54, 1.807) is 0 Å². The molecule has 1 aromatic carbocycles. The zero-order valence-corrected chi connectivity index (χ0v) is 11.2. The predicted molar refractivity (Wildman–Crippen MR) is 76.7 cm³/mol. The maximum absolute atomic E-state index is 10.7. The SMILES string of the molecule is CCCCCCCCc1ccc(NC(N)=O)cc1. The second-order valence-corrected chi connectivity index (χ2v) is 4.70. The molecular weight excluding hydrogens is 224 g/mol. The molecule has 0 aromatic heterocycles. The lowest BCUT2D eigenvalue weighted by Gasteiger charge is -2.04. The van der Waals surface area contributed by atoms with Crippen molar-refractivity contribution in [1.29, 1.82) is 0 Å². The van der Waals surface area contributed by atoms with E-state index in [9.17, 15) is 4.79 Å². The summed E-state index contributed by atoms with van der Waals surface area (Å²) >= 11 is 0. The molecule has 0 saturated heterocycles. The average molecular weight is 248 g/mol. The molecule has 0 atom stereocenters. The number of primary amides is 1. The molecule has 3 nitrogen and oxygen atoms in total. The summed E-state index contributed by atoms with van der Waals surface area (Å²) in [5.41, 5.74) is 7.13. The molecule has 0 aliphatic rings. The van der Waals surface area contributed by atoms with E-state index < -0.39 is 6.03 Å². The van der Waals surface area contributed by atoms with Gasteiger partial charge in [-0.25, -0.2) is 4.79 Å². The summed E-state index contributed by atoms with van der Waals surface area (Å²) in [7, 11) is 0. The molecular formula is C15H24N2O. The van der Waals surface area contributed by atoms with E-state index in [0.29, 0.717) is 0 Å². The molecule has 0 fully saturated rings. The van der Waals surface area contributed by atoms with E-state index in [1.807, 2.05) is 12.1 Å². The fourth-order valence-electron chi connectivity index (χ4n) is 2.01. The summed E-state index contributed by atoms with van der Waals surface area (Å²) < 4.78 is 0. The van der Waals surface area contributed by atoms with Crippen molar-refractivity contribution >= 4 is 11.7 Å². The van der Waals surface area contributed by atoms with Crippen molar-refractivity contribution in [3.63, 3.8) is 0 Å². The average Bonchev–Trinajstić information content (AvgIpc) is 2.35. The van der Waals surface area contributed by atoms with Crippen LogP contribution in [0.15, 0.2) is 24.3 Å². The Balaban J connectivity index is 2.20. The standard InChI is InChI=1S/C15H24N2O/c1-2-3-4-5-6-7-8-13-9-11-14(12-10-13)17-15(16)18/h9-12H,2-8H2,1H3,(H3,16,17,18). The van der Waals surface area contributed by atoms with Crippen LogP contribution in [-0.2, 0) is 6.42 Å². The number of amides is 2. The van der Waals surface area contributed by atoms with Crippen LogP contribution in [0.25, 0.3) is 0 Å². The number of rotatable bonds is 8. The van der Waals surface area contributed by atoms with Crippen LogP contribution in [0.1, 0.15) is 51.0 Å². The molecule has 0 heterocycles. The third-order valence-corrected chi connectivity index (χ3v) is 3.04. The van der Waals surface area contributed by atoms with Crippen LogP contribution in [0.2, 0.25) is 0 Å². The highest BCUT2D eigenvalue weighted by Gasteiger charge is 1.97. The Labute approximate surface area is 110 Å². The highest BCUT2D eigenvalue weighted by atomic mass is 16.2. The Morgan fingerprint density at radius 1 is 1.06 bits per heavy atom. The van der Waals surface area contributed by atoms with Crippen molar-refractivity contribution in [1.82, 2.24) is 0 Å². The van der Waals surface area contributed by atoms with Gasteiger partial charge in [-0.1, -0.05) is 51.2 Å². The van der Waals surface area contributed by atoms with Gasteiger partial charge in [0.2, 0.25) is 0 Å². The lowest BCUT2D eigenvalue weighted by molar-refractivity contribution is 0.259. The maximum Gasteiger partial charge on any atom is 0.316 e. The van der Waals surface area contributed by atoms with Gasteiger partial charge in [0, 0.05) is 5.69 Å². The number of nitrogens with two attached hydrogens (primary N) is 1. The first-order chi connectivity index (χ1) is 8.72. The van der Waals surface area contributed by atoms with Gasteiger partial charge >= 0.3 is 6.03 Å². The molecule has 0 saturated carbocycles. The molecule has 3 heteroatoms. The second-order valence-electron chi connectivity index (χ2n) is 4.70. The zero-order chi connectivity index (χ0) is 13.2. The Morgan fingerprint density at radius 2 is 1.67 bits per heavy atom. The number of unbranched alkanes of at least 4 members (excludes halogenated alkanes) is 5. The molecule has 0 radical (unpaired) electrons. The zero-order valence-electron chi connectivity index (χ0n) is 11.2. The van der Waals surface area contributed by atoms with Gasteiger partial charge in [0.1, 0.15) is 0 Å². The Hall–Kier alpha value is -1.51. The van der Waals surface area contributed by atoms with Gasteiger partial charge < -0.3 is 11.1 Å². The van der Waals surface area contributed by atoms with Crippen LogP contribution in [0.4, 0.5) is 10.5 Å². The maximum atomic E-state index is 10.7. The lowest BCUT2D eigenvalue weighted by atomic mass is 10.0. The smallest absolute Gasteiger partial charge is 0.316 e. The van der Waals surface area contributed by atoms with Crippen molar-refractivity contribution in [2.24, 2.45) is 5.73 Å². The van der Waals surface area contributed by atoms with E-state index in [4.69, 9.17) is 5.73 Å². The molecule has 2 amide bonds. The fourth-order valence-corrected chi connectivity index (χ4v) is 2.01. The van der Waals surface area contributed by atoms with E-state index in [2.05, 4.69) is 24.4 Å². The first kappa shape index (κ1) is 14.6. The third kappa shape index (κ3) is 6.28. The fraction of sp³-hybridized carbons (Fsp3) is 0.533. The number of nitrogens with one attached hydrogen (secondary N) is 1. The molecule has 0 bridgehead atoms. The van der Waals surface area contributed by atoms with Crippen LogP contribution >= 0.6 is 0 Å². The van der Waals surface area contributed by atoms with Crippen molar-refractivity contribution in [3.05, 3.63) is 29.8 Å². The predicted octanol–water partition coefficient (Wildman–Crippen LogP) is 4.08. The molecule has 0 aliphatic carbocycles. The van der Waals surface area contributed by atoms with Crippen molar-refractivity contribution in [2.75, 3.05) is 5.32 Å². The van der Waals surface area contributed by atoms with Crippen LogP contribution in [0.5, 0.6) is 0 Å². The largest absolute Gasteiger partial charge is 0.351 e. The monoisotopic (exact) mass is 248 g/mol. The molecule has 0 spiro atoms. The molecule has 1 rings (SSSR count). The number of benzene rings is 1. The molecule has 0 unspecified atom stereocenters. The van der Waals surface area contributed by atoms with Crippen molar-refractivity contribution in [2.45, 2.75) is 51.9 Å². The Bertz CT molecular complexity index is 346. The number of carbonyl (C=O) groups excluding carboxylic acids is 1. The topological polar surface area (TPSA) is 55.1 Å².